The van der Waals surface area contributed by atoms with Crippen molar-refractivity contribution in [2.45, 2.75) is 44.2 Å². The lowest BCUT2D eigenvalue weighted by atomic mass is 9.94. The molecule has 23 heavy (non-hydrogen) atoms. The predicted octanol–water partition coefficient (Wildman–Crippen LogP) is 2.80. The van der Waals surface area contributed by atoms with Gasteiger partial charge in [0.15, 0.2) is 0 Å². The minimum Gasteiger partial charge on any atom is -0.349 e. The van der Waals surface area contributed by atoms with Crippen LogP contribution < -0.4 is 10.6 Å². The van der Waals surface area contributed by atoms with Crippen molar-refractivity contribution < 1.29 is 4.79 Å². The molecule has 3 rings (SSSR count). The SMILES string of the molecule is CC(NC1(CNC(=O)c2ccn[nH]2)CCCC1)c1ccccc1. The molecule has 0 saturated heterocycles. The highest BCUT2D eigenvalue weighted by molar-refractivity contribution is 5.92. The van der Waals surface area contributed by atoms with Gasteiger partial charge in [-0.2, -0.15) is 5.10 Å². The van der Waals surface area contributed by atoms with Crippen LogP contribution in [0.5, 0.6) is 0 Å². The first-order chi connectivity index (χ1) is 11.2. The largest absolute Gasteiger partial charge is 0.349 e. The maximum atomic E-state index is 12.2. The van der Waals surface area contributed by atoms with Gasteiger partial charge in [0.2, 0.25) is 0 Å². The van der Waals surface area contributed by atoms with Gasteiger partial charge in [0.05, 0.1) is 0 Å². The number of carbonyl (C=O) groups is 1. The molecule has 122 valence electrons. The molecule has 1 aromatic carbocycles. The van der Waals surface area contributed by atoms with Gasteiger partial charge in [-0.15, -0.1) is 0 Å². The van der Waals surface area contributed by atoms with E-state index in [2.05, 4.69) is 52.0 Å². The summed E-state index contributed by atoms with van der Waals surface area (Å²) in [5.41, 5.74) is 1.76. The van der Waals surface area contributed by atoms with Gasteiger partial charge in [-0.1, -0.05) is 43.2 Å². The minimum absolute atomic E-state index is 0.0229. The van der Waals surface area contributed by atoms with Gasteiger partial charge in [-0.25, -0.2) is 0 Å². The number of amides is 1. The molecule has 0 aliphatic heterocycles. The monoisotopic (exact) mass is 312 g/mol. The van der Waals surface area contributed by atoms with Crippen LogP contribution in [0.1, 0.15) is 54.7 Å². The van der Waals surface area contributed by atoms with Crippen LogP contribution in [0.15, 0.2) is 42.6 Å². The molecule has 2 aromatic rings. The van der Waals surface area contributed by atoms with E-state index < -0.39 is 0 Å². The Kier molecular flexibility index (Phi) is 4.76. The number of H-pyrrole nitrogens is 1. The van der Waals surface area contributed by atoms with Crippen LogP contribution in [0.3, 0.4) is 0 Å². The van der Waals surface area contributed by atoms with Crippen LogP contribution >= 0.6 is 0 Å². The van der Waals surface area contributed by atoms with Crippen molar-refractivity contribution in [2.75, 3.05) is 6.54 Å². The van der Waals surface area contributed by atoms with E-state index in [-0.39, 0.29) is 17.5 Å². The summed E-state index contributed by atoms with van der Waals surface area (Å²) in [7, 11) is 0. The quantitative estimate of drug-likeness (QED) is 0.768. The summed E-state index contributed by atoms with van der Waals surface area (Å²) in [6.45, 7) is 2.83. The molecule has 0 spiro atoms. The Balaban J connectivity index is 1.64. The van der Waals surface area contributed by atoms with Crippen molar-refractivity contribution in [2.24, 2.45) is 0 Å². The summed E-state index contributed by atoms with van der Waals surface area (Å²) in [6, 6.07) is 12.4. The Morgan fingerprint density at radius 3 is 2.65 bits per heavy atom. The van der Waals surface area contributed by atoms with Crippen molar-refractivity contribution in [3.8, 4) is 0 Å². The van der Waals surface area contributed by atoms with E-state index in [9.17, 15) is 4.79 Å². The second kappa shape index (κ2) is 6.96. The molecular formula is C18H24N4O. The fourth-order valence-electron chi connectivity index (χ4n) is 3.44. The minimum atomic E-state index is -0.0945. The molecule has 1 atom stereocenters. The molecule has 1 aliphatic carbocycles. The van der Waals surface area contributed by atoms with E-state index >= 15 is 0 Å². The van der Waals surface area contributed by atoms with Crippen LogP contribution in [-0.2, 0) is 0 Å². The molecule has 1 amide bonds. The fourth-order valence-corrected chi connectivity index (χ4v) is 3.44. The molecule has 1 fully saturated rings. The highest BCUT2D eigenvalue weighted by Gasteiger charge is 2.35. The van der Waals surface area contributed by atoms with Crippen molar-refractivity contribution in [3.05, 3.63) is 53.9 Å². The van der Waals surface area contributed by atoms with E-state index in [0.717, 1.165) is 12.8 Å². The molecule has 1 aromatic heterocycles. The molecule has 3 N–H and O–H groups in total. The first-order valence-corrected chi connectivity index (χ1v) is 8.29. The number of nitrogens with zero attached hydrogens (tertiary/aromatic N) is 1. The molecule has 5 heteroatoms. The zero-order chi connectivity index (χ0) is 16.1. The summed E-state index contributed by atoms with van der Waals surface area (Å²) in [5, 5.41) is 13.4. The smallest absolute Gasteiger partial charge is 0.269 e. The molecule has 5 nitrogen and oxygen atoms in total. The lowest BCUT2D eigenvalue weighted by molar-refractivity contribution is 0.0931. The summed E-state index contributed by atoms with van der Waals surface area (Å²) in [6.07, 6.45) is 6.18. The summed E-state index contributed by atoms with van der Waals surface area (Å²) >= 11 is 0. The third-order valence-corrected chi connectivity index (χ3v) is 4.72. The van der Waals surface area contributed by atoms with Crippen molar-refractivity contribution in [1.82, 2.24) is 20.8 Å². The average Bonchev–Trinajstić information content (AvgIpc) is 3.26. The number of carbonyl (C=O) groups excluding carboxylic acids is 1. The number of nitrogens with one attached hydrogen (secondary N) is 3. The van der Waals surface area contributed by atoms with E-state index in [1.54, 1.807) is 12.3 Å². The number of aromatic nitrogens is 2. The topological polar surface area (TPSA) is 69.8 Å². The zero-order valence-corrected chi connectivity index (χ0v) is 13.5. The number of hydrogen-bond acceptors (Lipinski definition) is 3. The average molecular weight is 312 g/mol. The zero-order valence-electron chi connectivity index (χ0n) is 13.5. The number of hydrogen-bond donors (Lipinski definition) is 3. The normalized spacial score (nSPS) is 17.8. The third kappa shape index (κ3) is 3.79. The van der Waals surface area contributed by atoms with Crippen LogP contribution in [0, 0.1) is 0 Å². The molecule has 1 unspecified atom stereocenters. The summed E-state index contributed by atoms with van der Waals surface area (Å²) in [5.74, 6) is -0.0945. The molecule has 1 saturated carbocycles. The van der Waals surface area contributed by atoms with Gasteiger partial charge in [0, 0.05) is 24.3 Å². The van der Waals surface area contributed by atoms with Gasteiger partial charge >= 0.3 is 0 Å². The fraction of sp³-hybridized carbons (Fsp3) is 0.444. The van der Waals surface area contributed by atoms with Gasteiger partial charge in [0.25, 0.3) is 5.91 Å². The van der Waals surface area contributed by atoms with E-state index in [0.29, 0.717) is 12.2 Å². The lowest BCUT2D eigenvalue weighted by Gasteiger charge is -2.34. The Bertz CT molecular complexity index is 618. The van der Waals surface area contributed by atoms with Crippen LogP contribution in [0.2, 0.25) is 0 Å². The lowest BCUT2D eigenvalue weighted by Crippen LogP contribution is -2.52. The first-order valence-electron chi connectivity index (χ1n) is 8.29. The van der Waals surface area contributed by atoms with E-state index in [1.165, 1.54) is 18.4 Å². The third-order valence-electron chi connectivity index (χ3n) is 4.72. The highest BCUT2D eigenvalue weighted by Crippen LogP contribution is 2.31. The summed E-state index contributed by atoms with van der Waals surface area (Å²) in [4.78, 5) is 12.2. The Hall–Kier alpha value is -2.14. The summed E-state index contributed by atoms with van der Waals surface area (Å²) < 4.78 is 0. The van der Waals surface area contributed by atoms with Crippen LogP contribution in [0.25, 0.3) is 0 Å². The second-order valence-corrected chi connectivity index (χ2v) is 6.42. The number of rotatable bonds is 6. The van der Waals surface area contributed by atoms with Crippen LogP contribution in [-0.4, -0.2) is 28.2 Å². The number of benzene rings is 1. The van der Waals surface area contributed by atoms with Gasteiger partial charge in [0.1, 0.15) is 5.69 Å². The standard InChI is InChI=1S/C18H24N4O/c1-14(15-7-3-2-4-8-15)21-18(10-5-6-11-18)13-19-17(23)16-9-12-20-22-16/h2-4,7-9,12,14,21H,5-6,10-11,13H2,1H3,(H,19,23)(H,20,22). The highest BCUT2D eigenvalue weighted by atomic mass is 16.1. The van der Waals surface area contributed by atoms with Crippen molar-refractivity contribution >= 4 is 5.91 Å². The molecule has 0 bridgehead atoms. The predicted molar refractivity (Wildman–Crippen MR) is 90.1 cm³/mol. The Morgan fingerprint density at radius 1 is 1.26 bits per heavy atom. The Morgan fingerprint density at radius 2 is 2.00 bits per heavy atom. The second-order valence-electron chi connectivity index (χ2n) is 6.42. The molecule has 0 radical (unpaired) electrons. The molecular weight excluding hydrogens is 288 g/mol. The maximum Gasteiger partial charge on any atom is 0.269 e. The van der Waals surface area contributed by atoms with E-state index in [4.69, 9.17) is 0 Å². The van der Waals surface area contributed by atoms with Crippen molar-refractivity contribution in [3.63, 3.8) is 0 Å². The molecule has 1 aliphatic rings. The number of aromatic amines is 1. The Labute approximate surface area is 136 Å². The molecule has 1 heterocycles. The van der Waals surface area contributed by atoms with Crippen LogP contribution in [0.4, 0.5) is 0 Å². The van der Waals surface area contributed by atoms with Gasteiger partial charge < -0.3 is 10.6 Å². The van der Waals surface area contributed by atoms with Gasteiger partial charge in [-0.3, -0.25) is 9.89 Å². The van der Waals surface area contributed by atoms with Crippen molar-refractivity contribution in [1.29, 1.82) is 0 Å². The van der Waals surface area contributed by atoms with E-state index in [1.807, 2.05) is 6.07 Å². The van der Waals surface area contributed by atoms with Gasteiger partial charge in [-0.05, 0) is 31.4 Å². The maximum absolute atomic E-state index is 12.2. The first kappa shape index (κ1) is 15.7.